The molecule has 6 nitrogen and oxygen atoms in total. The molecule has 2 saturated carbocycles. The van der Waals surface area contributed by atoms with Gasteiger partial charge in [0, 0.05) is 32.2 Å². The van der Waals surface area contributed by atoms with E-state index in [4.69, 9.17) is 0 Å². The number of imide groups is 1. The molecular formula is C18H23N3O3. The minimum Gasteiger partial charge on any atom is -0.339 e. The van der Waals surface area contributed by atoms with Gasteiger partial charge in [0.05, 0.1) is 11.8 Å². The van der Waals surface area contributed by atoms with E-state index in [1.54, 1.807) is 0 Å². The van der Waals surface area contributed by atoms with Gasteiger partial charge in [-0.15, -0.1) is 0 Å². The molecule has 4 atom stereocenters. The van der Waals surface area contributed by atoms with Crippen LogP contribution in [0.3, 0.4) is 0 Å². The second-order valence-electron chi connectivity index (χ2n) is 7.91. The quantitative estimate of drug-likeness (QED) is 0.544. The molecule has 0 radical (unpaired) electrons. The van der Waals surface area contributed by atoms with Crippen molar-refractivity contribution in [2.24, 2.45) is 23.7 Å². The Morgan fingerprint density at radius 1 is 0.958 bits per heavy atom. The largest absolute Gasteiger partial charge is 0.339 e. The lowest BCUT2D eigenvalue weighted by atomic mass is 9.85. The van der Waals surface area contributed by atoms with E-state index in [-0.39, 0.29) is 47.9 Å². The maximum Gasteiger partial charge on any atom is 0.242 e. The van der Waals surface area contributed by atoms with Crippen molar-refractivity contribution in [3.05, 3.63) is 12.2 Å². The van der Waals surface area contributed by atoms with Crippen molar-refractivity contribution in [1.82, 2.24) is 14.7 Å². The molecule has 4 fully saturated rings. The average Bonchev–Trinajstić information content (AvgIpc) is 3.18. The molecule has 2 saturated heterocycles. The van der Waals surface area contributed by atoms with E-state index in [1.807, 2.05) is 4.90 Å². The summed E-state index contributed by atoms with van der Waals surface area (Å²) >= 11 is 0. The number of carbonyl (C=O) groups excluding carboxylic acids is 3. The lowest BCUT2D eigenvalue weighted by Gasteiger charge is -2.35. The molecule has 2 bridgehead atoms. The summed E-state index contributed by atoms with van der Waals surface area (Å²) in [5, 5.41) is 0. The van der Waals surface area contributed by atoms with Crippen LogP contribution in [-0.4, -0.2) is 71.2 Å². The van der Waals surface area contributed by atoms with E-state index in [9.17, 15) is 14.4 Å². The van der Waals surface area contributed by atoms with Crippen LogP contribution in [0.4, 0.5) is 0 Å². The fraction of sp³-hybridized carbons (Fsp3) is 0.722. The molecule has 0 N–H and O–H groups in total. The maximum atomic E-state index is 12.6. The fourth-order valence-electron chi connectivity index (χ4n) is 5.13. The number of rotatable bonds is 3. The first-order valence-electron chi connectivity index (χ1n) is 9.19. The Balaban J connectivity index is 1.23. The van der Waals surface area contributed by atoms with Crippen LogP contribution in [0, 0.1) is 23.7 Å². The Kier molecular flexibility index (Phi) is 3.14. The number of fused-ring (bicyclic) bond motifs is 5. The van der Waals surface area contributed by atoms with Crippen molar-refractivity contribution >= 4 is 17.7 Å². The lowest BCUT2D eigenvalue weighted by molar-refractivity contribution is -0.147. The second-order valence-corrected chi connectivity index (χ2v) is 7.91. The van der Waals surface area contributed by atoms with Crippen molar-refractivity contribution < 1.29 is 14.4 Å². The molecule has 0 aromatic carbocycles. The van der Waals surface area contributed by atoms with Gasteiger partial charge in [-0.2, -0.15) is 0 Å². The molecule has 24 heavy (non-hydrogen) atoms. The standard InChI is InChI=1S/C18H23N3O3/c22-14(20-7-5-19(6-8-20)13-3-4-13)10-21-17(23)15-11-1-2-12(9-11)16(15)18(21)24/h1-2,11-13,15-16H,3-10H2. The van der Waals surface area contributed by atoms with E-state index in [1.165, 1.54) is 17.7 Å². The van der Waals surface area contributed by atoms with Crippen molar-refractivity contribution in [3.63, 3.8) is 0 Å². The fourth-order valence-corrected chi connectivity index (χ4v) is 5.13. The SMILES string of the molecule is O=C(CN1C(=O)C2C3C=CC(C3)C2C1=O)N1CCN(C2CC2)CC1. The molecule has 128 valence electrons. The average molecular weight is 329 g/mol. The Bertz CT molecular complexity index is 603. The van der Waals surface area contributed by atoms with Crippen LogP contribution in [-0.2, 0) is 14.4 Å². The van der Waals surface area contributed by atoms with Crippen molar-refractivity contribution in [2.75, 3.05) is 32.7 Å². The van der Waals surface area contributed by atoms with Gasteiger partial charge in [0.25, 0.3) is 0 Å². The molecule has 3 amide bonds. The van der Waals surface area contributed by atoms with Gasteiger partial charge in [0.1, 0.15) is 6.54 Å². The summed E-state index contributed by atoms with van der Waals surface area (Å²) in [6.07, 6.45) is 7.66. The molecule has 5 aliphatic rings. The van der Waals surface area contributed by atoms with Crippen LogP contribution >= 0.6 is 0 Å². The van der Waals surface area contributed by atoms with Crippen LogP contribution < -0.4 is 0 Å². The first kappa shape index (κ1) is 14.6. The van der Waals surface area contributed by atoms with Gasteiger partial charge in [-0.1, -0.05) is 12.2 Å². The number of amides is 3. The number of likely N-dealkylation sites (tertiary alicyclic amines) is 1. The van der Waals surface area contributed by atoms with Crippen LogP contribution in [0.5, 0.6) is 0 Å². The summed E-state index contributed by atoms with van der Waals surface area (Å²) in [7, 11) is 0. The predicted molar refractivity (Wildman–Crippen MR) is 85.6 cm³/mol. The Hall–Kier alpha value is -1.69. The van der Waals surface area contributed by atoms with Crippen molar-refractivity contribution in [2.45, 2.75) is 25.3 Å². The third-order valence-corrected chi connectivity index (χ3v) is 6.59. The lowest BCUT2D eigenvalue weighted by Crippen LogP contribution is -2.52. The van der Waals surface area contributed by atoms with E-state index >= 15 is 0 Å². The van der Waals surface area contributed by atoms with Gasteiger partial charge in [0.2, 0.25) is 17.7 Å². The third kappa shape index (κ3) is 2.08. The van der Waals surface area contributed by atoms with Crippen molar-refractivity contribution in [3.8, 4) is 0 Å². The zero-order valence-corrected chi connectivity index (χ0v) is 13.8. The van der Waals surface area contributed by atoms with Gasteiger partial charge >= 0.3 is 0 Å². The summed E-state index contributed by atoms with van der Waals surface area (Å²) in [5.74, 6) is -0.303. The molecular weight excluding hydrogens is 306 g/mol. The van der Waals surface area contributed by atoms with E-state index in [0.717, 1.165) is 25.6 Å². The smallest absolute Gasteiger partial charge is 0.242 e. The van der Waals surface area contributed by atoms with Crippen LogP contribution in [0.2, 0.25) is 0 Å². The topological polar surface area (TPSA) is 60.9 Å². The molecule has 2 heterocycles. The monoisotopic (exact) mass is 329 g/mol. The molecule has 6 heteroatoms. The number of hydrogen-bond donors (Lipinski definition) is 0. The normalized spacial score (nSPS) is 38.3. The molecule has 5 rings (SSSR count). The minimum atomic E-state index is -0.202. The Morgan fingerprint density at radius 3 is 2.08 bits per heavy atom. The highest BCUT2D eigenvalue weighted by molar-refractivity contribution is 6.08. The number of piperazine rings is 1. The number of carbonyl (C=O) groups is 3. The molecule has 0 spiro atoms. The summed E-state index contributed by atoms with van der Waals surface area (Å²) < 4.78 is 0. The zero-order valence-electron chi connectivity index (χ0n) is 13.8. The van der Waals surface area contributed by atoms with Crippen LogP contribution in [0.15, 0.2) is 12.2 Å². The van der Waals surface area contributed by atoms with Gasteiger partial charge < -0.3 is 4.90 Å². The summed E-state index contributed by atoms with van der Waals surface area (Å²) in [4.78, 5) is 43.4. The highest BCUT2D eigenvalue weighted by Crippen LogP contribution is 2.52. The predicted octanol–water partition coefficient (Wildman–Crippen LogP) is 0.100. The van der Waals surface area contributed by atoms with Crippen molar-refractivity contribution in [1.29, 1.82) is 0 Å². The number of allylic oxidation sites excluding steroid dienone is 2. The molecule has 3 aliphatic carbocycles. The molecule has 4 unspecified atom stereocenters. The van der Waals surface area contributed by atoms with Crippen LogP contribution in [0.1, 0.15) is 19.3 Å². The van der Waals surface area contributed by atoms with Gasteiger partial charge in [-0.3, -0.25) is 24.2 Å². The third-order valence-electron chi connectivity index (χ3n) is 6.59. The first-order chi connectivity index (χ1) is 11.6. The number of hydrogen-bond acceptors (Lipinski definition) is 4. The van der Waals surface area contributed by atoms with Gasteiger partial charge in [0.15, 0.2) is 0 Å². The molecule has 0 aromatic rings. The summed E-state index contributed by atoms with van der Waals surface area (Å²) in [6, 6.07) is 0.728. The molecule has 0 aromatic heterocycles. The van der Waals surface area contributed by atoms with E-state index < -0.39 is 0 Å². The highest BCUT2D eigenvalue weighted by Gasteiger charge is 2.59. The Morgan fingerprint density at radius 2 is 1.54 bits per heavy atom. The Labute approximate surface area is 141 Å². The van der Waals surface area contributed by atoms with Crippen LogP contribution in [0.25, 0.3) is 0 Å². The molecule has 2 aliphatic heterocycles. The highest BCUT2D eigenvalue weighted by atomic mass is 16.2. The van der Waals surface area contributed by atoms with Gasteiger partial charge in [-0.05, 0) is 31.1 Å². The summed E-state index contributed by atoms with van der Waals surface area (Å²) in [5.41, 5.74) is 0. The second kappa shape index (κ2) is 5.15. The first-order valence-corrected chi connectivity index (χ1v) is 9.19. The van der Waals surface area contributed by atoms with E-state index in [2.05, 4.69) is 17.1 Å². The summed E-state index contributed by atoms with van der Waals surface area (Å²) in [6.45, 7) is 3.19. The zero-order chi connectivity index (χ0) is 16.4. The van der Waals surface area contributed by atoms with E-state index in [0.29, 0.717) is 13.1 Å². The maximum absolute atomic E-state index is 12.6. The minimum absolute atomic E-state index is 0.0620. The number of nitrogens with zero attached hydrogens (tertiary/aromatic N) is 3. The van der Waals surface area contributed by atoms with Gasteiger partial charge in [-0.25, -0.2) is 0 Å².